The third-order valence-corrected chi connectivity index (χ3v) is 4.98. The normalized spacial score (nSPS) is 24.7. The minimum atomic E-state index is -1.22. The van der Waals surface area contributed by atoms with Gasteiger partial charge in [0, 0.05) is 18.7 Å². The molecular formula is C15H14ClN3O5S. The zero-order chi connectivity index (χ0) is 18.1. The van der Waals surface area contributed by atoms with Crippen molar-refractivity contribution in [3.8, 4) is 0 Å². The molecule has 10 heteroatoms. The second-order valence-electron chi connectivity index (χ2n) is 5.56. The average molecular weight is 384 g/mol. The highest BCUT2D eigenvalue weighted by Gasteiger charge is 2.34. The number of carbonyl (C=O) groups is 3. The Morgan fingerprint density at radius 2 is 2.16 bits per heavy atom. The summed E-state index contributed by atoms with van der Waals surface area (Å²) in [6.07, 6.45) is -0.556. The van der Waals surface area contributed by atoms with Crippen LogP contribution in [0.15, 0.2) is 23.1 Å². The summed E-state index contributed by atoms with van der Waals surface area (Å²) in [5.41, 5.74) is 1.17. The zero-order valence-electron chi connectivity index (χ0n) is 12.7. The smallest absolute Gasteiger partial charge is 0.405 e. The number of aliphatic hydroxyl groups excluding tert-OH is 1. The molecule has 25 heavy (non-hydrogen) atoms. The van der Waals surface area contributed by atoms with Crippen LogP contribution >= 0.6 is 23.4 Å². The summed E-state index contributed by atoms with van der Waals surface area (Å²) in [6.45, 7) is 0.411. The van der Waals surface area contributed by atoms with E-state index in [0.29, 0.717) is 16.3 Å². The van der Waals surface area contributed by atoms with Gasteiger partial charge in [-0.1, -0.05) is 23.7 Å². The quantitative estimate of drug-likeness (QED) is 0.584. The van der Waals surface area contributed by atoms with E-state index in [0.717, 1.165) is 11.8 Å². The minimum Gasteiger partial charge on any atom is -0.465 e. The number of nitrogens with one attached hydrogen (secondary N) is 2. The number of aliphatic hydroxyl groups is 1. The highest BCUT2D eigenvalue weighted by atomic mass is 35.5. The van der Waals surface area contributed by atoms with Gasteiger partial charge in [0.15, 0.2) is 0 Å². The van der Waals surface area contributed by atoms with E-state index in [1.165, 1.54) is 0 Å². The van der Waals surface area contributed by atoms with Crippen molar-refractivity contribution >= 4 is 52.4 Å². The Kier molecular flexibility index (Phi) is 4.89. The van der Waals surface area contributed by atoms with E-state index in [1.54, 1.807) is 29.2 Å². The lowest BCUT2D eigenvalue weighted by Crippen LogP contribution is -2.42. The molecule has 8 nitrogen and oxygen atoms in total. The third-order valence-electron chi connectivity index (χ3n) is 3.86. The number of halogens is 1. The molecule has 1 aromatic rings. The van der Waals surface area contributed by atoms with Crippen molar-refractivity contribution in [2.24, 2.45) is 0 Å². The molecule has 2 atom stereocenters. The number of hydrogen-bond acceptors (Lipinski definition) is 6. The van der Waals surface area contributed by atoms with E-state index in [1.807, 2.05) is 0 Å². The maximum atomic E-state index is 11.7. The molecule has 3 rings (SSSR count). The number of β-amino-alcohol motifs (C(OH)–C–C–N with tert-alkyl or cyclic N) is 1. The monoisotopic (exact) mass is 383 g/mol. The van der Waals surface area contributed by atoms with Gasteiger partial charge in [-0.25, -0.2) is 4.79 Å². The van der Waals surface area contributed by atoms with Gasteiger partial charge in [0.1, 0.15) is 0 Å². The van der Waals surface area contributed by atoms with Crippen LogP contribution in [0, 0.1) is 0 Å². The first-order chi connectivity index (χ1) is 11.8. The number of thioether (sulfide) groups is 1. The number of amides is 3. The van der Waals surface area contributed by atoms with E-state index in [2.05, 4.69) is 10.6 Å². The Bertz CT molecular complexity index is 784. The molecular weight excluding hydrogens is 370 g/mol. The van der Waals surface area contributed by atoms with Crippen LogP contribution in [-0.4, -0.2) is 52.7 Å². The molecule has 132 valence electrons. The van der Waals surface area contributed by atoms with Gasteiger partial charge in [-0.15, -0.1) is 0 Å². The van der Waals surface area contributed by atoms with Crippen molar-refractivity contribution < 1.29 is 24.6 Å². The fraction of sp³-hybridized carbons (Fsp3) is 0.267. The molecule has 2 saturated heterocycles. The van der Waals surface area contributed by atoms with Crippen molar-refractivity contribution in [3.05, 3.63) is 33.7 Å². The van der Waals surface area contributed by atoms with Gasteiger partial charge in [-0.05, 0) is 23.9 Å². The van der Waals surface area contributed by atoms with Crippen molar-refractivity contribution in [1.29, 1.82) is 0 Å². The van der Waals surface area contributed by atoms with Crippen LogP contribution in [-0.2, 0) is 4.79 Å². The van der Waals surface area contributed by atoms with Gasteiger partial charge >= 0.3 is 6.09 Å². The molecule has 0 aliphatic carbocycles. The molecule has 0 bridgehead atoms. The molecule has 2 fully saturated rings. The molecule has 0 aromatic heterocycles. The molecule has 0 radical (unpaired) electrons. The zero-order valence-corrected chi connectivity index (χ0v) is 14.3. The van der Waals surface area contributed by atoms with E-state index in [4.69, 9.17) is 16.7 Å². The lowest BCUT2D eigenvalue weighted by Gasteiger charge is -2.22. The second-order valence-corrected chi connectivity index (χ2v) is 6.98. The van der Waals surface area contributed by atoms with Gasteiger partial charge in [0.25, 0.3) is 11.1 Å². The predicted molar refractivity (Wildman–Crippen MR) is 93.7 cm³/mol. The Labute approximate surface area is 151 Å². The van der Waals surface area contributed by atoms with Crippen molar-refractivity contribution in [3.63, 3.8) is 0 Å². The van der Waals surface area contributed by atoms with Gasteiger partial charge in [-0.3, -0.25) is 14.9 Å². The summed E-state index contributed by atoms with van der Waals surface area (Å²) in [5, 5.41) is 23.3. The van der Waals surface area contributed by atoms with Crippen LogP contribution in [0.2, 0.25) is 5.02 Å². The molecule has 0 unspecified atom stereocenters. The Balaban J connectivity index is 1.92. The average Bonchev–Trinajstić information content (AvgIpc) is 3.01. The topological polar surface area (TPSA) is 119 Å². The molecule has 2 aliphatic rings. The maximum Gasteiger partial charge on any atom is 0.405 e. The van der Waals surface area contributed by atoms with Crippen LogP contribution in [0.3, 0.4) is 0 Å². The largest absolute Gasteiger partial charge is 0.465 e. The molecule has 0 saturated carbocycles. The van der Waals surface area contributed by atoms with Gasteiger partial charge < -0.3 is 20.4 Å². The van der Waals surface area contributed by atoms with Gasteiger partial charge in [0.2, 0.25) is 0 Å². The van der Waals surface area contributed by atoms with E-state index in [9.17, 15) is 19.5 Å². The SMILES string of the molecule is O=C(O)N[C@H]1CN(c2c(Cl)cccc2C=C2SC(=O)NC2=O)C[C@H]1O. The van der Waals surface area contributed by atoms with Gasteiger partial charge in [-0.2, -0.15) is 0 Å². The number of imide groups is 1. The van der Waals surface area contributed by atoms with Gasteiger partial charge in [0.05, 0.1) is 27.8 Å². The second kappa shape index (κ2) is 6.95. The summed E-state index contributed by atoms with van der Waals surface area (Å²) < 4.78 is 0. The molecule has 1 aromatic carbocycles. The van der Waals surface area contributed by atoms with E-state index in [-0.39, 0.29) is 18.0 Å². The first-order valence-electron chi connectivity index (χ1n) is 7.31. The summed E-state index contributed by atoms with van der Waals surface area (Å²) in [4.78, 5) is 35.9. The first-order valence-corrected chi connectivity index (χ1v) is 8.50. The Hall–Kier alpha value is -2.23. The Morgan fingerprint density at radius 3 is 2.80 bits per heavy atom. The molecule has 0 spiro atoms. The van der Waals surface area contributed by atoms with E-state index >= 15 is 0 Å². The van der Waals surface area contributed by atoms with Crippen LogP contribution in [0.25, 0.3) is 6.08 Å². The first kappa shape index (κ1) is 17.6. The molecule has 3 amide bonds. The third kappa shape index (κ3) is 3.73. The molecule has 2 aliphatic heterocycles. The number of para-hydroxylation sites is 1. The number of anilines is 1. The maximum absolute atomic E-state index is 11.7. The lowest BCUT2D eigenvalue weighted by atomic mass is 10.1. The van der Waals surface area contributed by atoms with Crippen molar-refractivity contribution in [2.75, 3.05) is 18.0 Å². The number of hydrogen-bond donors (Lipinski definition) is 4. The fourth-order valence-corrected chi connectivity index (χ4v) is 3.79. The number of carbonyl (C=O) groups excluding carboxylic acids is 2. The van der Waals surface area contributed by atoms with Crippen LogP contribution in [0.5, 0.6) is 0 Å². The Morgan fingerprint density at radius 1 is 1.40 bits per heavy atom. The summed E-state index contributed by atoms with van der Waals surface area (Å²) in [7, 11) is 0. The van der Waals surface area contributed by atoms with E-state index < -0.39 is 29.4 Å². The summed E-state index contributed by atoms with van der Waals surface area (Å²) >= 11 is 7.09. The highest BCUT2D eigenvalue weighted by Crippen LogP contribution is 2.36. The number of benzene rings is 1. The molecule has 2 heterocycles. The number of rotatable bonds is 3. The number of carboxylic acid groups (broad SMARTS) is 1. The van der Waals surface area contributed by atoms with Crippen LogP contribution in [0.4, 0.5) is 15.3 Å². The highest BCUT2D eigenvalue weighted by molar-refractivity contribution is 8.18. The molecule has 4 N–H and O–H groups in total. The minimum absolute atomic E-state index is 0.184. The number of nitrogens with zero attached hydrogens (tertiary/aromatic N) is 1. The van der Waals surface area contributed by atoms with Crippen molar-refractivity contribution in [2.45, 2.75) is 12.1 Å². The van der Waals surface area contributed by atoms with Crippen LogP contribution < -0.4 is 15.5 Å². The summed E-state index contributed by atoms with van der Waals surface area (Å²) in [5.74, 6) is -0.479. The fourth-order valence-electron chi connectivity index (χ4n) is 2.81. The standard InChI is InChI=1S/C15H14ClN3O5S/c16-8-3-1-2-7(4-11-13(21)18-15(24)25-11)12(8)19-5-9(10(20)6-19)17-14(22)23/h1-4,9-10,17,20H,5-6H2,(H,22,23)(H,18,21,24)/t9-,10+/m0/s1. The van der Waals surface area contributed by atoms with Crippen LogP contribution in [0.1, 0.15) is 5.56 Å². The predicted octanol–water partition coefficient (Wildman–Crippen LogP) is 1.48. The summed E-state index contributed by atoms with van der Waals surface area (Å²) in [6, 6.07) is 4.45. The van der Waals surface area contributed by atoms with Crippen molar-refractivity contribution in [1.82, 2.24) is 10.6 Å². The lowest BCUT2D eigenvalue weighted by molar-refractivity contribution is -0.115.